The van der Waals surface area contributed by atoms with Crippen LogP contribution in [-0.2, 0) is 6.54 Å². The molecule has 30 heavy (non-hydrogen) atoms. The van der Waals surface area contributed by atoms with E-state index in [1.54, 1.807) is 23.0 Å². The SMILES string of the molecule is Cc1ccc(-n2c(=O)n(C(C)C)c(=O)c3c2ncn3Cc2ccc(C#N)cc2)cc1. The van der Waals surface area contributed by atoms with Crippen LogP contribution in [0.5, 0.6) is 0 Å². The number of nitriles is 1. The highest BCUT2D eigenvalue weighted by Gasteiger charge is 2.20. The Morgan fingerprint density at radius 3 is 2.30 bits per heavy atom. The largest absolute Gasteiger partial charge is 0.337 e. The van der Waals surface area contributed by atoms with Crippen molar-refractivity contribution in [3.8, 4) is 11.8 Å². The number of hydrogen-bond donors (Lipinski definition) is 0. The van der Waals surface area contributed by atoms with Gasteiger partial charge in [-0.3, -0.25) is 9.36 Å². The van der Waals surface area contributed by atoms with Crippen molar-refractivity contribution < 1.29 is 0 Å². The monoisotopic (exact) mass is 399 g/mol. The fourth-order valence-corrected chi connectivity index (χ4v) is 3.54. The molecule has 0 spiro atoms. The zero-order chi connectivity index (χ0) is 21.4. The van der Waals surface area contributed by atoms with Crippen molar-refractivity contribution in [1.82, 2.24) is 18.7 Å². The van der Waals surface area contributed by atoms with E-state index in [-0.39, 0.29) is 11.6 Å². The Labute approximate surface area is 173 Å². The van der Waals surface area contributed by atoms with Crippen LogP contribution in [0.3, 0.4) is 0 Å². The van der Waals surface area contributed by atoms with Gasteiger partial charge in [-0.1, -0.05) is 29.8 Å². The minimum Gasteiger partial charge on any atom is -0.320 e. The lowest BCUT2D eigenvalue weighted by molar-refractivity contribution is 0.539. The van der Waals surface area contributed by atoms with Crippen LogP contribution >= 0.6 is 0 Å². The second-order valence-electron chi connectivity index (χ2n) is 7.58. The summed E-state index contributed by atoms with van der Waals surface area (Å²) in [5.41, 5.74) is 3.17. The molecule has 4 rings (SSSR count). The van der Waals surface area contributed by atoms with Crippen LogP contribution in [0.4, 0.5) is 0 Å². The van der Waals surface area contributed by atoms with Gasteiger partial charge in [0.1, 0.15) is 0 Å². The maximum Gasteiger partial charge on any atom is 0.337 e. The highest BCUT2D eigenvalue weighted by Crippen LogP contribution is 2.16. The van der Waals surface area contributed by atoms with Crippen LogP contribution in [0.2, 0.25) is 0 Å². The number of nitrogens with zero attached hydrogens (tertiary/aromatic N) is 5. The number of aryl methyl sites for hydroxylation is 1. The van der Waals surface area contributed by atoms with Gasteiger partial charge in [0.25, 0.3) is 5.56 Å². The Kier molecular flexibility index (Phi) is 4.84. The third-order valence-electron chi connectivity index (χ3n) is 5.09. The number of aromatic nitrogens is 4. The minimum atomic E-state index is -0.407. The van der Waals surface area contributed by atoms with Crippen LogP contribution in [0.25, 0.3) is 16.9 Å². The third-order valence-corrected chi connectivity index (χ3v) is 5.09. The van der Waals surface area contributed by atoms with Gasteiger partial charge in [-0.05, 0) is 50.6 Å². The van der Waals surface area contributed by atoms with Crippen molar-refractivity contribution >= 4 is 11.2 Å². The summed E-state index contributed by atoms with van der Waals surface area (Å²) in [6, 6.07) is 16.5. The van der Waals surface area contributed by atoms with E-state index in [1.165, 1.54) is 9.13 Å². The van der Waals surface area contributed by atoms with Crippen molar-refractivity contribution in [1.29, 1.82) is 5.26 Å². The van der Waals surface area contributed by atoms with E-state index < -0.39 is 5.69 Å². The summed E-state index contributed by atoms with van der Waals surface area (Å²) >= 11 is 0. The number of hydrogen-bond acceptors (Lipinski definition) is 4. The van der Waals surface area contributed by atoms with Gasteiger partial charge in [0.2, 0.25) is 0 Å². The molecule has 0 bridgehead atoms. The van der Waals surface area contributed by atoms with Crippen LogP contribution in [0.1, 0.15) is 36.6 Å². The molecule has 2 aromatic heterocycles. The predicted octanol–water partition coefficient (Wildman–Crippen LogP) is 3.16. The van der Waals surface area contributed by atoms with Crippen LogP contribution in [0.15, 0.2) is 64.4 Å². The molecular formula is C23H21N5O2. The molecule has 0 saturated heterocycles. The van der Waals surface area contributed by atoms with E-state index in [4.69, 9.17) is 5.26 Å². The summed E-state index contributed by atoms with van der Waals surface area (Å²) in [5, 5.41) is 8.99. The van der Waals surface area contributed by atoms with E-state index in [0.29, 0.717) is 29.0 Å². The van der Waals surface area contributed by atoms with Crippen LogP contribution in [0, 0.1) is 18.3 Å². The first kappa shape index (κ1) is 19.4. The number of benzene rings is 2. The van der Waals surface area contributed by atoms with Gasteiger partial charge in [0, 0.05) is 12.6 Å². The molecule has 0 aliphatic heterocycles. The summed E-state index contributed by atoms with van der Waals surface area (Å²) in [5.74, 6) is 0. The molecule has 0 fully saturated rings. The normalized spacial score (nSPS) is 11.2. The molecule has 0 aliphatic carbocycles. The summed E-state index contributed by atoms with van der Waals surface area (Å²) in [6.45, 7) is 6.01. The van der Waals surface area contributed by atoms with Crippen molar-refractivity contribution in [3.05, 3.63) is 92.4 Å². The highest BCUT2D eigenvalue weighted by atomic mass is 16.2. The molecule has 0 aliphatic rings. The average molecular weight is 399 g/mol. The van der Waals surface area contributed by atoms with Gasteiger partial charge in [-0.2, -0.15) is 5.26 Å². The number of rotatable bonds is 4. The Morgan fingerprint density at radius 2 is 1.70 bits per heavy atom. The third kappa shape index (κ3) is 3.22. The lowest BCUT2D eigenvalue weighted by Crippen LogP contribution is -2.41. The van der Waals surface area contributed by atoms with Gasteiger partial charge < -0.3 is 4.57 Å². The molecule has 2 aromatic carbocycles. The molecular weight excluding hydrogens is 378 g/mol. The zero-order valence-electron chi connectivity index (χ0n) is 17.0. The fourth-order valence-electron chi connectivity index (χ4n) is 3.54. The Hall–Kier alpha value is -3.92. The molecule has 7 heteroatoms. The first-order valence-corrected chi connectivity index (χ1v) is 9.69. The average Bonchev–Trinajstić information content (AvgIpc) is 3.13. The Bertz CT molecular complexity index is 1380. The van der Waals surface area contributed by atoms with E-state index in [9.17, 15) is 9.59 Å². The quantitative estimate of drug-likeness (QED) is 0.528. The van der Waals surface area contributed by atoms with Crippen molar-refractivity contribution in [3.63, 3.8) is 0 Å². The van der Waals surface area contributed by atoms with Crippen molar-refractivity contribution in [2.75, 3.05) is 0 Å². The van der Waals surface area contributed by atoms with Crippen molar-refractivity contribution in [2.24, 2.45) is 0 Å². The summed E-state index contributed by atoms with van der Waals surface area (Å²) in [4.78, 5) is 30.9. The topological polar surface area (TPSA) is 85.6 Å². The molecule has 0 saturated carbocycles. The molecule has 2 heterocycles. The van der Waals surface area contributed by atoms with E-state index in [0.717, 1.165) is 11.1 Å². The summed E-state index contributed by atoms with van der Waals surface area (Å²) < 4.78 is 4.51. The second kappa shape index (κ2) is 7.48. The second-order valence-corrected chi connectivity index (χ2v) is 7.58. The fraction of sp³-hybridized carbons (Fsp3) is 0.217. The molecule has 4 aromatic rings. The highest BCUT2D eigenvalue weighted by molar-refractivity contribution is 5.72. The summed E-state index contributed by atoms with van der Waals surface area (Å²) in [7, 11) is 0. The van der Waals surface area contributed by atoms with E-state index in [1.807, 2.05) is 57.2 Å². The smallest absolute Gasteiger partial charge is 0.320 e. The lowest BCUT2D eigenvalue weighted by atomic mass is 10.1. The van der Waals surface area contributed by atoms with Crippen molar-refractivity contribution in [2.45, 2.75) is 33.4 Å². The van der Waals surface area contributed by atoms with Gasteiger partial charge in [0.15, 0.2) is 11.2 Å². The Morgan fingerprint density at radius 1 is 1.03 bits per heavy atom. The molecule has 7 nitrogen and oxygen atoms in total. The lowest BCUT2D eigenvalue weighted by Gasteiger charge is -2.15. The molecule has 0 radical (unpaired) electrons. The molecule has 0 amide bonds. The number of imidazole rings is 1. The van der Waals surface area contributed by atoms with E-state index in [2.05, 4.69) is 11.1 Å². The molecule has 150 valence electrons. The van der Waals surface area contributed by atoms with Gasteiger partial charge in [-0.25, -0.2) is 14.3 Å². The molecule has 0 N–H and O–H groups in total. The van der Waals surface area contributed by atoms with Gasteiger partial charge in [-0.15, -0.1) is 0 Å². The first-order valence-electron chi connectivity index (χ1n) is 9.69. The van der Waals surface area contributed by atoms with Crippen LogP contribution < -0.4 is 11.2 Å². The minimum absolute atomic E-state index is 0.302. The zero-order valence-corrected chi connectivity index (χ0v) is 17.0. The summed E-state index contributed by atoms with van der Waals surface area (Å²) in [6.07, 6.45) is 1.58. The van der Waals surface area contributed by atoms with Gasteiger partial charge >= 0.3 is 5.69 Å². The molecule has 0 unspecified atom stereocenters. The standard InChI is InChI=1S/C23H21N5O2/c1-15(2)27-22(29)20-21(28(23(27)30)19-10-4-16(3)5-11-19)25-14-26(20)13-18-8-6-17(12-24)7-9-18/h4-11,14-15H,13H2,1-3H3. The number of fused-ring (bicyclic) bond motifs is 1. The van der Waals surface area contributed by atoms with E-state index >= 15 is 0 Å². The first-order chi connectivity index (χ1) is 14.4. The Balaban J connectivity index is 1.97. The van der Waals surface area contributed by atoms with Gasteiger partial charge in [0.05, 0.1) is 23.6 Å². The maximum atomic E-state index is 13.2. The maximum absolute atomic E-state index is 13.2. The van der Waals surface area contributed by atoms with Crippen LogP contribution in [-0.4, -0.2) is 18.7 Å². The molecule has 0 atom stereocenters. The predicted molar refractivity (Wildman–Crippen MR) is 115 cm³/mol.